The van der Waals surface area contributed by atoms with Gasteiger partial charge in [-0.3, -0.25) is 4.90 Å². The molecule has 2 aliphatic rings. The summed E-state index contributed by atoms with van der Waals surface area (Å²) >= 11 is 0. The molecule has 2 aromatic carbocycles. The van der Waals surface area contributed by atoms with Gasteiger partial charge in [0, 0.05) is 12.5 Å². The molecule has 2 aromatic rings. The van der Waals surface area contributed by atoms with Crippen LogP contribution in [0.4, 0.5) is 4.79 Å². The number of benzene rings is 2. The van der Waals surface area contributed by atoms with Crippen molar-refractivity contribution >= 4 is 6.09 Å². The summed E-state index contributed by atoms with van der Waals surface area (Å²) in [6.07, 6.45) is 1.89. The average Bonchev–Trinajstić information content (AvgIpc) is 3.22. The maximum Gasteiger partial charge on any atom is 0.410 e. The number of nitrogens with zero attached hydrogens (tertiary/aromatic N) is 1. The van der Waals surface area contributed by atoms with Crippen molar-refractivity contribution in [3.05, 3.63) is 59.7 Å². The van der Waals surface area contributed by atoms with Crippen LogP contribution in [0.5, 0.6) is 0 Å². The molecule has 3 N–H and O–H groups in total. The van der Waals surface area contributed by atoms with Gasteiger partial charge in [-0.2, -0.15) is 0 Å². The van der Waals surface area contributed by atoms with Gasteiger partial charge >= 0.3 is 6.09 Å². The number of hydrogen-bond donors (Lipinski definition) is 1. The Balaban J connectivity index is 0.00000182. The number of carbonyl (C=O) groups is 1. The highest BCUT2D eigenvalue weighted by Gasteiger charge is 2.33. The highest BCUT2D eigenvalue weighted by molar-refractivity contribution is 5.79. The summed E-state index contributed by atoms with van der Waals surface area (Å²) in [5.74, 6) is 0.127. The fraction of sp³-hybridized carbons (Fsp3) is 0.350. The van der Waals surface area contributed by atoms with Gasteiger partial charge in [0.15, 0.2) is 0 Å². The van der Waals surface area contributed by atoms with Gasteiger partial charge in [0.05, 0.1) is 12.6 Å². The summed E-state index contributed by atoms with van der Waals surface area (Å²) in [4.78, 5) is 14.3. The molecule has 0 radical (unpaired) electrons. The zero-order valence-electron chi connectivity index (χ0n) is 14.2. The number of quaternary nitrogens is 1. The quantitative estimate of drug-likeness (QED) is 0.815. The zero-order valence-corrected chi connectivity index (χ0v) is 14.9. The highest BCUT2D eigenvalue weighted by Crippen LogP contribution is 2.44. The number of ether oxygens (including phenoxy) is 1. The van der Waals surface area contributed by atoms with Crippen molar-refractivity contribution in [1.29, 1.82) is 0 Å². The van der Waals surface area contributed by atoms with Crippen LogP contribution in [0.1, 0.15) is 29.9 Å². The van der Waals surface area contributed by atoms with E-state index in [-0.39, 0.29) is 30.5 Å². The molecule has 1 aliphatic carbocycles. The summed E-state index contributed by atoms with van der Waals surface area (Å²) in [5.41, 5.74) is 8.96. The summed E-state index contributed by atoms with van der Waals surface area (Å²) in [7, 11) is 0. The minimum atomic E-state index is -0.192. The van der Waals surface area contributed by atoms with Crippen LogP contribution in [0.25, 0.3) is 11.1 Å². The van der Waals surface area contributed by atoms with Gasteiger partial charge in [0.25, 0.3) is 0 Å². The first kappa shape index (κ1) is 17.8. The van der Waals surface area contributed by atoms with Crippen LogP contribution in [0.3, 0.4) is 0 Å². The normalized spacial score (nSPS) is 18.4. The van der Waals surface area contributed by atoms with E-state index >= 15 is 0 Å². The SMILES string of the molecule is [Cl-].[NH3+]C[C@@H]1CCCN1C(=O)OCC1c2ccccc2-c2ccccc21. The Morgan fingerprint density at radius 3 is 2.28 bits per heavy atom. The smallest absolute Gasteiger partial charge is 0.410 e. The Bertz CT molecular complexity index is 719. The average molecular weight is 359 g/mol. The molecular formula is C20H23ClN2O2. The lowest BCUT2D eigenvalue weighted by molar-refractivity contribution is -0.376. The van der Waals surface area contributed by atoms with Crippen molar-refractivity contribution in [2.45, 2.75) is 24.8 Å². The molecule has 0 saturated carbocycles. The van der Waals surface area contributed by atoms with Crippen molar-refractivity contribution in [3.63, 3.8) is 0 Å². The second-order valence-electron chi connectivity index (χ2n) is 6.58. The van der Waals surface area contributed by atoms with Crippen LogP contribution >= 0.6 is 0 Å². The van der Waals surface area contributed by atoms with Gasteiger partial charge in [-0.05, 0) is 35.1 Å². The second-order valence-corrected chi connectivity index (χ2v) is 6.58. The van der Waals surface area contributed by atoms with Gasteiger partial charge in [-0.1, -0.05) is 48.5 Å². The minimum Gasteiger partial charge on any atom is -1.00 e. The van der Waals surface area contributed by atoms with Gasteiger partial charge in [-0.15, -0.1) is 0 Å². The molecule has 4 nitrogen and oxygen atoms in total. The van der Waals surface area contributed by atoms with E-state index in [1.165, 1.54) is 22.3 Å². The van der Waals surface area contributed by atoms with Crippen molar-refractivity contribution < 1.29 is 27.7 Å². The third-order valence-corrected chi connectivity index (χ3v) is 5.28. The Hall–Kier alpha value is -2.04. The Morgan fingerprint density at radius 1 is 1.08 bits per heavy atom. The van der Waals surface area contributed by atoms with Crippen LogP contribution in [0.2, 0.25) is 0 Å². The lowest BCUT2D eigenvalue weighted by Gasteiger charge is -2.23. The molecule has 1 aliphatic heterocycles. The molecule has 0 spiro atoms. The largest absolute Gasteiger partial charge is 1.00 e. The number of hydrogen-bond acceptors (Lipinski definition) is 2. The standard InChI is InChI=1S/C20H22N2O2.ClH/c21-12-14-6-5-11-22(14)20(23)24-13-19-17-9-3-1-7-15(17)16-8-2-4-10-18(16)19;/h1-4,7-10,14,19H,5-6,11-13,21H2;1H/t14-;/m0./s1. The van der Waals surface area contributed by atoms with Gasteiger partial charge in [0.2, 0.25) is 0 Å². The first-order valence-corrected chi connectivity index (χ1v) is 8.70. The van der Waals surface area contributed by atoms with Gasteiger partial charge < -0.3 is 22.9 Å². The predicted molar refractivity (Wildman–Crippen MR) is 92.6 cm³/mol. The molecular weight excluding hydrogens is 336 g/mol. The summed E-state index contributed by atoms with van der Waals surface area (Å²) in [5, 5.41) is 0. The van der Waals surface area contributed by atoms with Crippen molar-refractivity contribution in [2.75, 3.05) is 19.7 Å². The molecule has 25 heavy (non-hydrogen) atoms. The van der Waals surface area contributed by atoms with E-state index in [1.54, 1.807) is 0 Å². The Kier molecular flexibility index (Phi) is 5.30. The number of halogens is 1. The first-order chi connectivity index (χ1) is 11.8. The molecule has 1 heterocycles. The number of amides is 1. The Morgan fingerprint density at radius 2 is 1.68 bits per heavy atom. The highest BCUT2D eigenvalue weighted by atomic mass is 35.5. The molecule has 0 unspecified atom stereocenters. The van der Waals surface area contributed by atoms with E-state index in [2.05, 4.69) is 54.3 Å². The molecule has 132 valence electrons. The van der Waals surface area contributed by atoms with E-state index in [0.29, 0.717) is 6.61 Å². The van der Waals surface area contributed by atoms with Crippen LogP contribution in [-0.2, 0) is 4.74 Å². The summed E-state index contributed by atoms with van der Waals surface area (Å²) < 4.78 is 5.71. The number of fused-ring (bicyclic) bond motifs is 3. The van der Waals surface area contributed by atoms with Crippen LogP contribution in [-0.4, -0.2) is 36.7 Å². The van der Waals surface area contributed by atoms with Crippen LogP contribution in [0.15, 0.2) is 48.5 Å². The van der Waals surface area contributed by atoms with Gasteiger partial charge in [0.1, 0.15) is 6.61 Å². The van der Waals surface area contributed by atoms with E-state index in [9.17, 15) is 4.79 Å². The maximum absolute atomic E-state index is 12.5. The molecule has 5 heteroatoms. The number of rotatable bonds is 3. The first-order valence-electron chi connectivity index (χ1n) is 8.70. The van der Waals surface area contributed by atoms with Crippen molar-refractivity contribution in [2.24, 2.45) is 0 Å². The molecule has 1 atom stereocenters. The second kappa shape index (κ2) is 7.46. The fourth-order valence-corrected chi connectivity index (χ4v) is 4.05. The fourth-order valence-electron chi connectivity index (χ4n) is 4.05. The number of carbonyl (C=O) groups excluding carboxylic acids is 1. The van der Waals surface area contributed by atoms with E-state index in [0.717, 1.165) is 25.9 Å². The van der Waals surface area contributed by atoms with Crippen molar-refractivity contribution in [1.82, 2.24) is 4.90 Å². The Labute approximate surface area is 154 Å². The minimum absolute atomic E-state index is 0. The molecule has 1 fully saturated rings. The lowest BCUT2D eigenvalue weighted by Crippen LogP contribution is -3.00. The molecule has 1 saturated heterocycles. The van der Waals surface area contributed by atoms with Crippen LogP contribution < -0.4 is 18.1 Å². The van der Waals surface area contributed by atoms with E-state index < -0.39 is 0 Å². The zero-order chi connectivity index (χ0) is 16.5. The number of likely N-dealkylation sites (tertiary alicyclic amines) is 1. The monoisotopic (exact) mass is 358 g/mol. The predicted octanol–water partition coefficient (Wildman–Crippen LogP) is -0.354. The third-order valence-electron chi connectivity index (χ3n) is 5.28. The van der Waals surface area contributed by atoms with E-state index in [1.807, 2.05) is 4.90 Å². The van der Waals surface area contributed by atoms with Crippen LogP contribution in [0, 0.1) is 0 Å². The summed E-state index contributed by atoms with van der Waals surface area (Å²) in [6, 6.07) is 17.0. The topological polar surface area (TPSA) is 57.2 Å². The van der Waals surface area contributed by atoms with Gasteiger partial charge in [-0.25, -0.2) is 4.79 Å². The molecule has 0 aromatic heterocycles. The molecule has 0 bridgehead atoms. The maximum atomic E-state index is 12.5. The third kappa shape index (κ3) is 3.12. The lowest BCUT2D eigenvalue weighted by atomic mass is 9.98. The van der Waals surface area contributed by atoms with Crippen molar-refractivity contribution in [3.8, 4) is 11.1 Å². The summed E-state index contributed by atoms with van der Waals surface area (Å²) in [6.45, 7) is 1.94. The molecule has 4 rings (SSSR count). The molecule has 1 amide bonds. The van der Waals surface area contributed by atoms with E-state index in [4.69, 9.17) is 4.74 Å².